The molecule has 1 saturated carbocycles. The van der Waals surface area contributed by atoms with Crippen molar-refractivity contribution in [1.29, 1.82) is 0 Å². The van der Waals surface area contributed by atoms with Gasteiger partial charge in [-0.1, -0.05) is 0 Å². The second kappa shape index (κ2) is 5.45. The monoisotopic (exact) mass is 339 g/mol. The summed E-state index contributed by atoms with van der Waals surface area (Å²) in [6.45, 7) is 1.26. The van der Waals surface area contributed by atoms with E-state index in [-0.39, 0.29) is 17.1 Å². The number of fused-ring (bicyclic) bond motifs is 1. The highest BCUT2D eigenvalue weighted by atomic mass is 32.2. The fourth-order valence-electron chi connectivity index (χ4n) is 2.98. The molecule has 4 rings (SSSR count). The van der Waals surface area contributed by atoms with Gasteiger partial charge in [-0.05, 0) is 37.8 Å². The lowest BCUT2D eigenvalue weighted by molar-refractivity contribution is 0.440. The highest BCUT2D eigenvalue weighted by molar-refractivity contribution is 7.90. The van der Waals surface area contributed by atoms with Gasteiger partial charge in [0.15, 0.2) is 5.58 Å². The number of halogens is 1. The van der Waals surface area contributed by atoms with Crippen molar-refractivity contribution in [3.8, 4) is 0 Å². The normalized spacial score (nSPS) is 22.7. The van der Waals surface area contributed by atoms with E-state index in [1.165, 1.54) is 12.1 Å². The number of hydrogen-bond acceptors (Lipinski definition) is 5. The molecule has 1 aliphatic carbocycles. The van der Waals surface area contributed by atoms with E-state index in [2.05, 4.69) is 9.71 Å². The number of oxazole rings is 1. The molecule has 8 heteroatoms. The number of anilines is 1. The van der Waals surface area contributed by atoms with Gasteiger partial charge in [0.25, 0.3) is 6.01 Å². The summed E-state index contributed by atoms with van der Waals surface area (Å²) >= 11 is 0. The van der Waals surface area contributed by atoms with Gasteiger partial charge in [-0.25, -0.2) is 17.5 Å². The first-order valence-corrected chi connectivity index (χ1v) is 9.38. The van der Waals surface area contributed by atoms with Crippen LogP contribution < -0.4 is 9.62 Å². The zero-order chi connectivity index (χ0) is 16.0. The Balaban J connectivity index is 1.51. The van der Waals surface area contributed by atoms with Crippen LogP contribution in [0.15, 0.2) is 22.6 Å². The molecule has 2 fully saturated rings. The number of nitrogens with zero attached hydrogens (tertiary/aromatic N) is 2. The molecular weight excluding hydrogens is 321 g/mol. The summed E-state index contributed by atoms with van der Waals surface area (Å²) in [4.78, 5) is 6.29. The summed E-state index contributed by atoms with van der Waals surface area (Å²) in [6, 6.07) is 4.51. The molecule has 2 aromatic rings. The van der Waals surface area contributed by atoms with E-state index in [4.69, 9.17) is 4.42 Å². The van der Waals surface area contributed by atoms with Gasteiger partial charge in [0.1, 0.15) is 11.3 Å². The van der Waals surface area contributed by atoms with E-state index < -0.39 is 10.0 Å². The minimum absolute atomic E-state index is 0.138. The zero-order valence-electron chi connectivity index (χ0n) is 12.5. The van der Waals surface area contributed by atoms with E-state index in [0.717, 1.165) is 32.2 Å². The van der Waals surface area contributed by atoms with Crippen molar-refractivity contribution in [2.75, 3.05) is 18.0 Å². The summed E-state index contributed by atoms with van der Waals surface area (Å²) in [5.41, 5.74) is 1.00. The van der Waals surface area contributed by atoms with Crippen LogP contribution in [0.2, 0.25) is 0 Å². The van der Waals surface area contributed by atoms with E-state index in [9.17, 15) is 12.8 Å². The Labute approximate surface area is 133 Å². The van der Waals surface area contributed by atoms with E-state index >= 15 is 0 Å². The van der Waals surface area contributed by atoms with Gasteiger partial charge in [-0.3, -0.25) is 0 Å². The zero-order valence-corrected chi connectivity index (χ0v) is 13.4. The molecule has 1 atom stereocenters. The first-order chi connectivity index (χ1) is 11.0. The first-order valence-electron chi connectivity index (χ1n) is 7.83. The summed E-state index contributed by atoms with van der Waals surface area (Å²) < 4.78 is 45.8. The molecular formula is C15H18FN3O3S. The number of sulfonamides is 1. The summed E-state index contributed by atoms with van der Waals surface area (Å²) in [5.74, 6) is -0.367. The Morgan fingerprint density at radius 3 is 2.91 bits per heavy atom. The number of piperidine rings is 1. The third-order valence-corrected chi connectivity index (χ3v) is 6.34. The average molecular weight is 339 g/mol. The molecule has 1 aromatic carbocycles. The standard InChI is InChI=1S/C15H18FN3O3S/c16-10-3-6-13-14(8-10)22-15(17-13)19-7-1-2-11(9-19)18-23(20,21)12-4-5-12/h3,6,8,11-12,18H,1-2,4-5,7,9H2. The molecule has 1 saturated heterocycles. The van der Waals surface area contributed by atoms with Crippen molar-refractivity contribution >= 4 is 27.1 Å². The van der Waals surface area contributed by atoms with Crippen molar-refractivity contribution in [2.24, 2.45) is 0 Å². The van der Waals surface area contributed by atoms with Crippen molar-refractivity contribution in [2.45, 2.75) is 37.0 Å². The Bertz CT molecular complexity index is 832. The number of aromatic nitrogens is 1. The van der Waals surface area contributed by atoms with Crippen LogP contribution in [0.1, 0.15) is 25.7 Å². The lowest BCUT2D eigenvalue weighted by Gasteiger charge is -2.31. The van der Waals surface area contributed by atoms with Crippen LogP contribution >= 0.6 is 0 Å². The second-order valence-corrected chi connectivity index (χ2v) is 8.25. The fourth-order valence-corrected chi connectivity index (χ4v) is 4.58. The van der Waals surface area contributed by atoms with Gasteiger partial charge in [-0.2, -0.15) is 4.98 Å². The molecule has 2 heterocycles. The molecule has 23 heavy (non-hydrogen) atoms. The van der Waals surface area contributed by atoms with Gasteiger partial charge in [-0.15, -0.1) is 0 Å². The number of rotatable bonds is 4. The molecule has 1 unspecified atom stereocenters. The molecule has 0 spiro atoms. The minimum atomic E-state index is -3.20. The molecule has 0 bridgehead atoms. The Hall–Kier alpha value is -1.67. The fraction of sp³-hybridized carbons (Fsp3) is 0.533. The highest BCUT2D eigenvalue weighted by Gasteiger charge is 2.38. The van der Waals surface area contributed by atoms with Gasteiger partial charge < -0.3 is 9.32 Å². The molecule has 1 N–H and O–H groups in total. The Morgan fingerprint density at radius 1 is 1.30 bits per heavy atom. The van der Waals surface area contributed by atoms with Crippen molar-refractivity contribution in [3.63, 3.8) is 0 Å². The third-order valence-electron chi connectivity index (χ3n) is 4.33. The molecule has 0 radical (unpaired) electrons. The van der Waals surface area contributed by atoms with Crippen LogP contribution in [-0.2, 0) is 10.0 Å². The quantitative estimate of drug-likeness (QED) is 0.922. The maximum atomic E-state index is 13.2. The van der Waals surface area contributed by atoms with Crippen LogP contribution in [0, 0.1) is 5.82 Å². The van der Waals surface area contributed by atoms with Gasteiger partial charge in [0, 0.05) is 25.2 Å². The number of benzene rings is 1. The second-order valence-electron chi connectivity index (χ2n) is 6.26. The van der Waals surface area contributed by atoms with Crippen molar-refractivity contribution < 1.29 is 17.2 Å². The number of hydrogen-bond donors (Lipinski definition) is 1. The van der Waals surface area contributed by atoms with Gasteiger partial charge in [0.2, 0.25) is 10.0 Å². The maximum Gasteiger partial charge on any atom is 0.298 e. The molecule has 2 aliphatic rings. The van der Waals surface area contributed by atoms with Crippen LogP contribution in [0.4, 0.5) is 10.4 Å². The summed E-state index contributed by atoms with van der Waals surface area (Å²) in [7, 11) is -3.20. The van der Waals surface area contributed by atoms with E-state index in [1.54, 1.807) is 6.07 Å². The summed E-state index contributed by atoms with van der Waals surface area (Å²) in [6.07, 6.45) is 3.16. The smallest absolute Gasteiger partial charge is 0.298 e. The molecule has 124 valence electrons. The van der Waals surface area contributed by atoms with Crippen LogP contribution in [0.3, 0.4) is 0 Å². The lowest BCUT2D eigenvalue weighted by atomic mass is 10.1. The predicted octanol–water partition coefficient (Wildman–Crippen LogP) is 2.02. The van der Waals surface area contributed by atoms with Crippen molar-refractivity contribution in [3.05, 3.63) is 24.0 Å². The van der Waals surface area contributed by atoms with Crippen LogP contribution in [0.25, 0.3) is 11.1 Å². The van der Waals surface area contributed by atoms with Crippen LogP contribution in [-0.4, -0.2) is 37.8 Å². The maximum absolute atomic E-state index is 13.2. The third kappa shape index (κ3) is 3.05. The SMILES string of the molecule is O=S(=O)(NC1CCCN(c2nc3ccc(F)cc3o2)C1)C1CC1. The highest BCUT2D eigenvalue weighted by Crippen LogP contribution is 2.29. The average Bonchev–Trinajstić information content (AvgIpc) is 3.28. The van der Waals surface area contributed by atoms with Crippen LogP contribution in [0.5, 0.6) is 0 Å². The first kappa shape index (κ1) is 14.9. The lowest BCUT2D eigenvalue weighted by Crippen LogP contribution is -2.48. The van der Waals surface area contributed by atoms with Crippen molar-refractivity contribution in [1.82, 2.24) is 9.71 Å². The van der Waals surface area contributed by atoms with Gasteiger partial charge in [0.05, 0.1) is 5.25 Å². The van der Waals surface area contributed by atoms with Gasteiger partial charge >= 0.3 is 0 Å². The molecule has 0 amide bonds. The molecule has 6 nitrogen and oxygen atoms in total. The summed E-state index contributed by atoms with van der Waals surface area (Å²) in [5, 5.41) is -0.217. The Morgan fingerprint density at radius 2 is 2.13 bits per heavy atom. The minimum Gasteiger partial charge on any atom is -0.423 e. The largest absolute Gasteiger partial charge is 0.423 e. The predicted molar refractivity (Wildman–Crippen MR) is 84.3 cm³/mol. The topological polar surface area (TPSA) is 75.4 Å². The van der Waals surface area contributed by atoms with E-state index in [1.807, 2.05) is 4.90 Å². The molecule has 1 aromatic heterocycles. The van der Waals surface area contributed by atoms with E-state index in [0.29, 0.717) is 23.7 Å². The molecule has 1 aliphatic heterocycles. The number of nitrogens with one attached hydrogen (secondary N) is 1. The Kier molecular flexibility index (Phi) is 3.53.